The summed E-state index contributed by atoms with van der Waals surface area (Å²) < 4.78 is 5.29. The van der Waals surface area contributed by atoms with Crippen LogP contribution in [0.1, 0.15) is 40.5 Å². The van der Waals surface area contributed by atoms with Gasteiger partial charge >= 0.3 is 0 Å². The summed E-state index contributed by atoms with van der Waals surface area (Å²) in [5.74, 6) is 1.49. The van der Waals surface area contributed by atoms with Crippen molar-refractivity contribution in [2.24, 2.45) is 10.9 Å². The maximum absolute atomic E-state index is 5.29. The summed E-state index contributed by atoms with van der Waals surface area (Å²) in [5, 5.41) is 6.69. The van der Waals surface area contributed by atoms with E-state index < -0.39 is 0 Å². The van der Waals surface area contributed by atoms with Gasteiger partial charge in [0.1, 0.15) is 0 Å². The Hall–Kier alpha value is -0.770. The minimum atomic E-state index is 0.435. The topological polar surface area (TPSA) is 45.6 Å². The van der Waals surface area contributed by atoms with Crippen LogP contribution in [0, 0.1) is 5.92 Å². The van der Waals surface area contributed by atoms with Crippen LogP contribution in [0.2, 0.25) is 0 Å². The third-order valence-electron chi connectivity index (χ3n) is 2.80. The number of rotatable bonds is 8. The molecule has 4 nitrogen and oxygen atoms in total. The molecule has 2 N–H and O–H groups in total. The first kappa shape index (κ1) is 16.2. The molecule has 4 heteroatoms. The maximum atomic E-state index is 5.29. The lowest BCUT2D eigenvalue weighted by Gasteiger charge is -2.20. The highest BCUT2D eigenvalue weighted by Gasteiger charge is 2.08. The fourth-order valence-corrected chi connectivity index (χ4v) is 1.26. The molecule has 0 aromatic carbocycles. The zero-order chi connectivity index (χ0) is 13.1. The van der Waals surface area contributed by atoms with E-state index in [4.69, 9.17) is 4.74 Å². The second kappa shape index (κ2) is 10.4. The van der Waals surface area contributed by atoms with Crippen molar-refractivity contribution in [3.63, 3.8) is 0 Å². The van der Waals surface area contributed by atoms with Gasteiger partial charge in [-0.3, -0.25) is 4.99 Å². The van der Waals surface area contributed by atoms with Crippen LogP contribution in [0.4, 0.5) is 0 Å². The Kier molecular flexibility index (Phi) is 9.92. The maximum Gasteiger partial charge on any atom is 0.191 e. The lowest BCUT2D eigenvalue weighted by Crippen LogP contribution is -2.44. The molecular formula is C13H29N3O. The third-order valence-corrected chi connectivity index (χ3v) is 2.80. The second-order valence-corrected chi connectivity index (χ2v) is 4.58. The Morgan fingerprint density at radius 3 is 2.47 bits per heavy atom. The average molecular weight is 243 g/mol. The predicted octanol–water partition coefficient (Wildman–Crippen LogP) is 2.01. The van der Waals surface area contributed by atoms with E-state index in [1.54, 1.807) is 0 Å². The number of hydrogen-bond donors (Lipinski definition) is 2. The number of ether oxygens (including phenoxy) is 1. The molecule has 0 radical (unpaired) electrons. The molecule has 0 aliphatic rings. The predicted molar refractivity (Wildman–Crippen MR) is 74.5 cm³/mol. The number of unbranched alkanes of at least 4 members (excludes halogenated alkanes) is 1. The zero-order valence-electron chi connectivity index (χ0n) is 12.0. The molecule has 0 aliphatic heterocycles. The summed E-state index contributed by atoms with van der Waals surface area (Å²) in [5.41, 5.74) is 0. The van der Waals surface area contributed by atoms with E-state index in [-0.39, 0.29) is 0 Å². The molecule has 0 saturated carbocycles. The highest BCUT2D eigenvalue weighted by molar-refractivity contribution is 5.79. The molecule has 0 spiro atoms. The van der Waals surface area contributed by atoms with Gasteiger partial charge in [0.05, 0.1) is 0 Å². The molecule has 1 unspecified atom stereocenters. The van der Waals surface area contributed by atoms with Gasteiger partial charge in [0.25, 0.3) is 0 Å². The number of hydrogen-bond acceptors (Lipinski definition) is 2. The molecule has 0 bridgehead atoms. The summed E-state index contributed by atoms with van der Waals surface area (Å²) in [6.07, 6.45) is 2.20. The number of nitrogens with one attached hydrogen (secondary N) is 2. The van der Waals surface area contributed by atoms with Crippen molar-refractivity contribution >= 4 is 5.96 Å². The molecule has 0 aromatic heterocycles. The van der Waals surface area contributed by atoms with Crippen LogP contribution < -0.4 is 10.6 Å². The Morgan fingerprint density at radius 1 is 1.24 bits per heavy atom. The first-order chi connectivity index (χ1) is 8.11. The van der Waals surface area contributed by atoms with Gasteiger partial charge in [-0.2, -0.15) is 0 Å². The molecule has 1 atom stereocenters. The quantitative estimate of drug-likeness (QED) is 0.389. The smallest absolute Gasteiger partial charge is 0.191 e. The van der Waals surface area contributed by atoms with Crippen LogP contribution in [0.15, 0.2) is 4.99 Å². The average Bonchev–Trinajstić information content (AvgIpc) is 2.31. The Bertz CT molecular complexity index is 205. The van der Waals surface area contributed by atoms with Gasteiger partial charge in [-0.05, 0) is 32.6 Å². The van der Waals surface area contributed by atoms with Crippen LogP contribution in [-0.4, -0.2) is 38.8 Å². The molecule has 0 fully saturated rings. The van der Waals surface area contributed by atoms with Crippen molar-refractivity contribution in [3.8, 4) is 0 Å². The fourth-order valence-electron chi connectivity index (χ4n) is 1.26. The van der Waals surface area contributed by atoms with Gasteiger partial charge < -0.3 is 15.4 Å². The van der Waals surface area contributed by atoms with Gasteiger partial charge in [-0.25, -0.2) is 0 Å². The fraction of sp³-hybridized carbons (Fsp3) is 0.923. The summed E-state index contributed by atoms with van der Waals surface area (Å²) in [4.78, 5) is 4.21. The van der Waals surface area contributed by atoms with Gasteiger partial charge in [-0.15, -0.1) is 0 Å². The standard InChI is InChI=1S/C13H29N3O/c1-6-17-10-8-7-9-15-13(14-5)16-12(4)11(2)3/h11-12H,6-10H2,1-5H3,(H2,14,15,16). The van der Waals surface area contributed by atoms with Crippen LogP contribution in [0.5, 0.6) is 0 Å². The van der Waals surface area contributed by atoms with Gasteiger partial charge in [0.2, 0.25) is 0 Å². The molecule has 0 amide bonds. The van der Waals surface area contributed by atoms with Crippen molar-refractivity contribution in [2.45, 2.75) is 46.6 Å². The van der Waals surface area contributed by atoms with E-state index >= 15 is 0 Å². The van der Waals surface area contributed by atoms with E-state index in [1.807, 2.05) is 14.0 Å². The van der Waals surface area contributed by atoms with E-state index in [1.165, 1.54) is 0 Å². The molecule has 102 valence electrons. The van der Waals surface area contributed by atoms with Gasteiger partial charge in [-0.1, -0.05) is 13.8 Å². The van der Waals surface area contributed by atoms with Crippen molar-refractivity contribution in [2.75, 3.05) is 26.8 Å². The van der Waals surface area contributed by atoms with E-state index in [9.17, 15) is 0 Å². The van der Waals surface area contributed by atoms with Crippen molar-refractivity contribution in [1.82, 2.24) is 10.6 Å². The number of nitrogens with zero attached hydrogens (tertiary/aromatic N) is 1. The second-order valence-electron chi connectivity index (χ2n) is 4.58. The van der Waals surface area contributed by atoms with Gasteiger partial charge in [0, 0.05) is 32.8 Å². The third kappa shape index (κ3) is 8.98. The van der Waals surface area contributed by atoms with Crippen molar-refractivity contribution < 1.29 is 4.74 Å². The first-order valence-electron chi connectivity index (χ1n) is 6.66. The van der Waals surface area contributed by atoms with Crippen LogP contribution in [0.25, 0.3) is 0 Å². The molecule has 0 aliphatic carbocycles. The minimum absolute atomic E-state index is 0.435. The summed E-state index contributed by atoms with van der Waals surface area (Å²) in [6.45, 7) is 11.2. The normalized spacial score (nSPS) is 13.9. The molecule has 17 heavy (non-hydrogen) atoms. The molecule has 0 saturated heterocycles. The molecule has 0 heterocycles. The molecule has 0 rings (SSSR count). The Labute approximate surface area is 106 Å². The van der Waals surface area contributed by atoms with Crippen LogP contribution in [-0.2, 0) is 4.74 Å². The SMILES string of the molecule is CCOCCCCNC(=NC)NC(C)C(C)C. The first-order valence-corrected chi connectivity index (χ1v) is 6.66. The van der Waals surface area contributed by atoms with E-state index in [0.29, 0.717) is 12.0 Å². The van der Waals surface area contributed by atoms with Crippen molar-refractivity contribution in [1.29, 1.82) is 0 Å². The Balaban J connectivity index is 3.62. The minimum Gasteiger partial charge on any atom is -0.382 e. The highest BCUT2D eigenvalue weighted by Crippen LogP contribution is 1.99. The van der Waals surface area contributed by atoms with Crippen molar-refractivity contribution in [3.05, 3.63) is 0 Å². The van der Waals surface area contributed by atoms with Crippen LogP contribution in [0.3, 0.4) is 0 Å². The Morgan fingerprint density at radius 2 is 1.94 bits per heavy atom. The number of aliphatic imine (C=N–C) groups is 1. The van der Waals surface area contributed by atoms with E-state index in [2.05, 4.69) is 36.4 Å². The lowest BCUT2D eigenvalue weighted by atomic mass is 10.1. The lowest BCUT2D eigenvalue weighted by molar-refractivity contribution is 0.143. The molecule has 0 aromatic rings. The monoisotopic (exact) mass is 243 g/mol. The highest BCUT2D eigenvalue weighted by atomic mass is 16.5. The summed E-state index contributed by atoms with van der Waals surface area (Å²) in [7, 11) is 1.81. The zero-order valence-corrected chi connectivity index (χ0v) is 12.0. The van der Waals surface area contributed by atoms with E-state index in [0.717, 1.165) is 38.6 Å². The number of guanidine groups is 1. The summed E-state index contributed by atoms with van der Waals surface area (Å²) >= 11 is 0. The summed E-state index contributed by atoms with van der Waals surface area (Å²) in [6, 6.07) is 0.435. The largest absolute Gasteiger partial charge is 0.382 e. The van der Waals surface area contributed by atoms with Crippen LogP contribution >= 0.6 is 0 Å². The van der Waals surface area contributed by atoms with Gasteiger partial charge in [0.15, 0.2) is 5.96 Å². The molecular weight excluding hydrogens is 214 g/mol.